The fourth-order valence-corrected chi connectivity index (χ4v) is 11.9. The number of nitrogens with one attached hydrogen (secondary N) is 13. The van der Waals surface area contributed by atoms with Gasteiger partial charge in [0.2, 0.25) is 94.5 Å². The van der Waals surface area contributed by atoms with Gasteiger partial charge in [-0.05, 0) is 69.5 Å². The number of likely N-dealkylation sites (N-methyl/N-ethyl adjacent to an activating group) is 1. The lowest BCUT2D eigenvalue weighted by Crippen LogP contribution is -2.65. The molecule has 2 aromatic rings. The highest BCUT2D eigenvalue weighted by molar-refractivity contribution is 6.03. The lowest BCUT2D eigenvalue weighted by atomic mass is 9.95. The average Bonchev–Trinajstić information content (AvgIpc) is 1.80. The number of unbranched alkanes of at least 4 members (excludes halogenated alkanes) is 7. The Balaban J connectivity index is 2.27. The van der Waals surface area contributed by atoms with Crippen LogP contribution in [-0.2, 0) is 112 Å². The van der Waals surface area contributed by atoms with Crippen molar-refractivity contribution in [1.29, 1.82) is 0 Å². The summed E-state index contributed by atoms with van der Waals surface area (Å²) in [6, 6.07) is -15.8. The van der Waals surface area contributed by atoms with Crippen molar-refractivity contribution < 1.29 is 126 Å². The molecule has 2 heterocycles. The third-order valence-electron chi connectivity index (χ3n) is 18.2. The number of ether oxygens (including phenoxy) is 2. The number of aromatic nitrogens is 1. The predicted octanol–water partition coefficient (Wildman–Crippen LogP) is -7.21. The van der Waals surface area contributed by atoms with Crippen LogP contribution in [0, 0.1) is 11.8 Å². The van der Waals surface area contributed by atoms with E-state index in [1.165, 1.54) is 13.8 Å². The zero-order valence-corrected chi connectivity index (χ0v) is 65.1. The number of carbonyl (C=O) groups excluding carboxylic acids is 17. The molecule has 1 aliphatic heterocycles. The van der Waals surface area contributed by atoms with Crippen molar-refractivity contribution in [2.24, 2.45) is 34.8 Å². The van der Waals surface area contributed by atoms with E-state index < -0.39 is 254 Å². The summed E-state index contributed by atoms with van der Waals surface area (Å²) in [6.07, 6.45) is -4.36. The number of hydrogen-bond donors (Lipinski definition) is 21. The van der Waals surface area contributed by atoms with E-state index in [0.717, 1.165) is 67.0 Å². The number of carbonyl (C=O) groups is 20. The molecule has 3 rings (SSSR count). The summed E-state index contributed by atoms with van der Waals surface area (Å²) in [5.41, 5.74) is 23.3. The highest BCUT2D eigenvalue weighted by Crippen LogP contribution is 2.21. The summed E-state index contributed by atoms with van der Waals surface area (Å²) in [7, 11) is 1.70. The van der Waals surface area contributed by atoms with E-state index in [1.54, 1.807) is 30.5 Å². The Hall–Kier alpha value is -12.0. The van der Waals surface area contributed by atoms with Crippen molar-refractivity contribution >= 4 is 129 Å². The maximum absolute atomic E-state index is 14.9. The summed E-state index contributed by atoms with van der Waals surface area (Å²) >= 11 is 0. The van der Waals surface area contributed by atoms with Gasteiger partial charge in [0.25, 0.3) is 0 Å². The van der Waals surface area contributed by atoms with Crippen LogP contribution >= 0.6 is 0 Å². The summed E-state index contributed by atoms with van der Waals surface area (Å²) in [5, 5.41) is 68.2. The lowest BCUT2D eigenvalue weighted by molar-refractivity contribution is -0.159. The van der Waals surface area contributed by atoms with Gasteiger partial charge >= 0.3 is 23.9 Å². The van der Waals surface area contributed by atoms with Crippen LogP contribution in [0.4, 0.5) is 0 Å². The van der Waals surface area contributed by atoms with E-state index in [9.17, 15) is 116 Å². The van der Waals surface area contributed by atoms with Crippen LogP contribution in [-0.4, -0.2) is 267 Å². The standard InChI is InChI=1S/C71H108N18O26/c1-9-10-11-12-13-14-15-23-47(92)79-41(26-37-30-76-39-21-17-16-20-38(37)39)62(103)83-43(28-46(74)91)65(106)87-55(57(99)59(75)100)68(109)86-54-36(6)115-71(113)52(33(2)3)84-67(108)53(34(4)25-50(95)96)85-64(105)42(27-45(73)90)80-48(93)31-77-66(107)56(58(114-8)70(111)112)88-61(102)40(22-18-19-24-72)81-63(104)44(29-51(97)98)82-60(101)35(5)78-49(94)32-89(7)69(54)110/h16-17,20-21,30,33-36,40-44,52-58,76,99H,9-15,18-19,22-29,31-32,72H2,1-8H3,(H2,73,90)(H2,74,91)(H2,75,100)(H,77,107)(H,78,94)(H,79,92)(H,80,93)(H,81,104)(H,82,101)(H,83,103)(H,84,108)(H,85,105)(H,86,109)(H,87,106)(H,88,102)(H,95,96)(H,97,98)(H,111,112). The molecule has 1 fully saturated rings. The minimum Gasteiger partial charge on any atom is -0.481 e. The molecule has 44 nitrogen and oxygen atoms in total. The molecule has 25 N–H and O–H groups in total. The van der Waals surface area contributed by atoms with Gasteiger partial charge in [-0.2, -0.15) is 0 Å². The highest BCUT2D eigenvalue weighted by Gasteiger charge is 2.44. The Morgan fingerprint density at radius 2 is 1.22 bits per heavy atom. The first-order valence-electron chi connectivity index (χ1n) is 37.1. The van der Waals surface area contributed by atoms with Crippen molar-refractivity contribution in [2.45, 2.75) is 229 Å². The second-order valence-electron chi connectivity index (χ2n) is 28.0. The van der Waals surface area contributed by atoms with E-state index in [2.05, 4.69) is 65.1 Å². The smallest absolute Gasteiger partial charge is 0.335 e. The van der Waals surface area contributed by atoms with Crippen LogP contribution < -0.4 is 86.7 Å². The van der Waals surface area contributed by atoms with Crippen LogP contribution in [0.25, 0.3) is 10.9 Å². The first-order valence-corrected chi connectivity index (χ1v) is 37.1. The van der Waals surface area contributed by atoms with Crippen LogP contribution in [0.3, 0.4) is 0 Å². The Kier molecular flexibility index (Phi) is 40.7. The number of fused-ring (bicyclic) bond motifs is 1. The van der Waals surface area contributed by atoms with Gasteiger partial charge in [-0.1, -0.05) is 84.4 Å². The number of benzene rings is 1. The fourth-order valence-electron chi connectivity index (χ4n) is 11.9. The first-order chi connectivity index (χ1) is 54.0. The first kappa shape index (κ1) is 97.2. The number of esters is 1. The van der Waals surface area contributed by atoms with Crippen molar-refractivity contribution in [3.63, 3.8) is 0 Å². The molecule has 115 heavy (non-hydrogen) atoms. The zero-order chi connectivity index (χ0) is 86.7. The maximum Gasteiger partial charge on any atom is 0.335 e. The maximum atomic E-state index is 14.9. The second-order valence-corrected chi connectivity index (χ2v) is 28.0. The van der Waals surface area contributed by atoms with E-state index in [0.29, 0.717) is 34.2 Å². The van der Waals surface area contributed by atoms with Crippen molar-refractivity contribution in [3.8, 4) is 0 Å². The monoisotopic (exact) mass is 1630 g/mol. The van der Waals surface area contributed by atoms with Crippen LogP contribution in [0.2, 0.25) is 0 Å². The van der Waals surface area contributed by atoms with Crippen LogP contribution in [0.15, 0.2) is 30.5 Å². The molecule has 0 aliphatic carbocycles. The van der Waals surface area contributed by atoms with Crippen molar-refractivity contribution in [1.82, 2.24) is 73.7 Å². The van der Waals surface area contributed by atoms with Gasteiger partial charge in [0.15, 0.2) is 12.2 Å². The highest BCUT2D eigenvalue weighted by atomic mass is 16.5. The average molecular weight is 1630 g/mol. The number of rotatable bonds is 36. The number of aromatic amines is 1. The molecule has 15 atom stereocenters. The third-order valence-corrected chi connectivity index (χ3v) is 18.2. The fraction of sp³-hybridized carbons (Fsp3) is 0.606. The number of hydrogen-bond acceptors (Lipinski definition) is 24. The summed E-state index contributed by atoms with van der Waals surface area (Å²) in [4.78, 5) is 278. The van der Waals surface area contributed by atoms with Gasteiger partial charge in [0, 0.05) is 44.1 Å². The Bertz CT molecular complexity index is 3840. The number of cyclic esters (lactones) is 1. The number of amides is 16. The summed E-state index contributed by atoms with van der Waals surface area (Å²) < 4.78 is 10.7. The van der Waals surface area contributed by atoms with E-state index in [-0.39, 0.29) is 38.6 Å². The molecular formula is C71H108N18O26. The van der Waals surface area contributed by atoms with Crippen molar-refractivity contribution in [3.05, 3.63) is 36.0 Å². The number of carboxylic acids is 3. The summed E-state index contributed by atoms with van der Waals surface area (Å²) in [6.45, 7) is 5.41. The molecule has 1 aromatic carbocycles. The van der Waals surface area contributed by atoms with Crippen LogP contribution in [0.1, 0.15) is 143 Å². The topological polar surface area (TPSA) is 708 Å². The molecule has 15 unspecified atom stereocenters. The number of para-hydroxylation sites is 1. The number of nitrogens with two attached hydrogens (primary N) is 4. The number of H-pyrrole nitrogens is 1. The Morgan fingerprint density at radius 1 is 0.626 bits per heavy atom. The Labute approximate surface area is 660 Å². The van der Waals surface area contributed by atoms with Gasteiger partial charge in [-0.25, -0.2) is 9.59 Å². The number of nitrogens with zero attached hydrogens (tertiary/aromatic N) is 1. The number of aliphatic hydroxyl groups is 1. The quantitative estimate of drug-likeness (QED) is 0.0223. The number of aliphatic carboxylic acids is 3. The minimum absolute atomic E-state index is 0.00657. The van der Waals surface area contributed by atoms with Crippen molar-refractivity contribution in [2.75, 3.05) is 33.8 Å². The summed E-state index contributed by atoms with van der Waals surface area (Å²) in [5.74, 6) is -30.9. The molecule has 16 amide bonds. The van der Waals surface area contributed by atoms with Crippen LogP contribution in [0.5, 0.6) is 0 Å². The molecule has 0 saturated carbocycles. The molecule has 1 aromatic heterocycles. The number of primary amides is 3. The minimum atomic E-state index is -2.80. The largest absolute Gasteiger partial charge is 0.481 e. The normalized spacial score (nSPS) is 21.9. The molecule has 0 spiro atoms. The molecule has 1 saturated heterocycles. The number of aliphatic hydroxyl groups excluding tert-OH is 1. The molecule has 44 heteroatoms. The molecule has 638 valence electrons. The molecule has 1 aliphatic rings. The number of methoxy groups -OCH3 is 1. The lowest BCUT2D eigenvalue weighted by Gasteiger charge is -2.32. The van der Waals surface area contributed by atoms with Gasteiger partial charge < -0.3 is 127 Å². The van der Waals surface area contributed by atoms with E-state index in [4.69, 9.17) is 32.4 Å². The predicted molar refractivity (Wildman–Crippen MR) is 400 cm³/mol. The Morgan fingerprint density at radius 3 is 1.81 bits per heavy atom. The molecular weight excluding hydrogens is 1520 g/mol. The molecule has 0 radical (unpaired) electrons. The number of carboxylic acid groups (broad SMARTS) is 3. The molecule has 0 bridgehead atoms. The van der Waals surface area contributed by atoms with Gasteiger partial charge in [0.1, 0.15) is 72.6 Å². The van der Waals surface area contributed by atoms with Gasteiger partial charge in [-0.3, -0.25) is 86.3 Å². The van der Waals surface area contributed by atoms with Gasteiger partial charge in [-0.15, -0.1) is 0 Å². The zero-order valence-electron chi connectivity index (χ0n) is 65.1. The SMILES string of the molecule is CCCCCCCCCC(=O)NC(Cc1c[nH]c2ccccc12)C(=O)NC(CC(N)=O)C(=O)NC(C(=O)NC1C(=O)N(C)CC(=O)NC(C)C(=O)NC(CC(=O)O)C(=O)NC(CCCCN)C(=O)NC(C(OC)C(=O)O)C(=O)NCC(=O)NC(CC(N)=O)C(=O)NC(C(C)CC(=O)O)C(=O)NC(C(C)C)C(=O)OC1C)C(O)C(N)=O. The van der Waals surface area contributed by atoms with E-state index >= 15 is 0 Å². The second kappa shape index (κ2) is 48.2. The van der Waals surface area contributed by atoms with E-state index in [1.807, 2.05) is 10.6 Å². The van der Waals surface area contributed by atoms with Gasteiger partial charge in [0.05, 0.1) is 38.8 Å². The third kappa shape index (κ3) is 32.6.